The summed E-state index contributed by atoms with van der Waals surface area (Å²) in [6.45, 7) is 14.0. The highest BCUT2D eigenvalue weighted by atomic mass is 15.1. The van der Waals surface area contributed by atoms with Gasteiger partial charge in [-0.2, -0.15) is 4.58 Å². The first-order valence-electron chi connectivity index (χ1n) is 9.75. The number of allylic oxidation sites excluding steroid dienone is 2. The van der Waals surface area contributed by atoms with E-state index in [2.05, 4.69) is 43.2 Å². The van der Waals surface area contributed by atoms with Crippen molar-refractivity contribution in [2.24, 2.45) is 0 Å². The van der Waals surface area contributed by atoms with Gasteiger partial charge in [0, 0.05) is 25.9 Å². The molecule has 0 fully saturated rings. The fourth-order valence-electron chi connectivity index (χ4n) is 2.85. The highest BCUT2D eigenvalue weighted by Gasteiger charge is 2.43. The van der Waals surface area contributed by atoms with Crippen molar-refractivity contribution in [2.75, 3.05) is 26.2 Å². The zero-order chi connectivity index (χ0) is 16.2. The Kier molecular flexibility index (Phi) is 10.2. The molecule has 0 heterocycles. The predicted octanol–water partition coefficient (Wildman–Crippen LogP) is 5.03. The van der Waals surface area contributed by atoms with Crippen LogP contribution in [0, 0.1) is 6.08 Å². The molecular formula is C20H38N2+2. The zero-order valence-electron chi connectivity index (χ0n) is 15.6. The van der Waals surface area contributed by atoms with Crippen molar-refractivity contribution in [2.45, 2.75) is 85.5 Å². The summed E-state index contributed by atoms with van der Waals surface area (Å²) in [7, 11) is 0. The van der Waals surface area contributed by atoms with E-state index in [-0.39, 0.29) is 0 Å². The number of unbranched alkanes of at least 4 members (excludes halogenated alkanes) is 4. The van der Waals surface area contributed by atoms with Crippen molar-refractivity contribution >= 4 is 5.71 Å². The Bertz CT molecular complexity index is 337. The van der Waals surface area contributed by atoms with E-state index in [4.69, 9.17) is 0 Å². The van der Waals surface area contributed by atoms with E-state index >= 15 is 0 Å². The molecule has 0 atom stereocenters. The maximum absolute atomic E-state index is 3.70. The summed E-state index contributed by atoms with van der Waals surface area (Å²) in [6.07, 6.45) is 15.2. The van der Waals surface area contributed by atoms with Gasteiger partial charge in [0.2, 0.25) is 0 Å². The van der Waals surface area contributed by atoms with Gasteiger partial charge in [-0.15, -0.1) is 0 Å². The van der Waals surface area contributed by atoms with Crippen LogP contribution in [-0.2, 0) is 0 Å². The minimum absolute atomic E-state index is 1.15. The van der Waals surface area contributed by atoms with Crippen LogP contribution in [0.3, 0.4) is 0 Å². The third-order valence-electron chi connectivity index (χ3n) is 4.51. The van der Waals surface area contributed by atoms with Crippen LogP contribution in [0.15, 0.2) is 5.70 Å². The molecule has 0 saturated carbocycles. The molecule has 0 aromatic rings. The highest BCUT2D eigenvalue weighted by Crippen LogP contribution is 2.21. The van der Waals surface area contributed by atoms with Gasteiger partial charge in [0.1, 0.15) is 13.1 Å². The molecule has 0 saturated heterocycles. The largest absolute Gasteiger partial charge is 0.428 e. The summed E-state index contributed by atoms with van der Waals surface area (Å²) in [6, 6.07) is 0. The Morgan fingerprint density at radius 1 is 0.818 bits per heavy atom. The second kappa shape index (κ2) is 11.7. The quantitative estimate of drug-likeness (QED) is 0.341. The predicted molar refractivity (Wildman–Crippen MR) is 97.6 cm³/mol. The molecule has 0 unspecified atom stereocenters. The van der Waals surface area contributed by atoms with Crippen molar-refractivity contribution in [3.8, 4) is 0 Å². The van der Waals surface area contributed by atoms with Gasteiger partial charge in [-0.25, -0.2) is 0 Å². The van der Waals surface area contributed by atoms with Gasteiger partial charge in [0.05, 0.1) is 0 Å². The van der Waals surface area contributed by atoms with E-state index < -0.39 is 0 Å². The summed E-state index contributed by atoms with van der Waals surface area (Å²) in [4.78, 5) is 2.59. The first-order valence-corrected chi connectivity index (χ1v) is 9.75. The van der Waals surface area contributed by atoms with Crippen LogP contribution in [0.2, 0.25) is 0 Å². The fraction of sp³-hybridized carbons (Fsp3) is 0.850. The Balaban J connectivity index is 2.67. The molecule has 0 amide bonds. The second-order valence-corrected chi connectivity index (χ2v) is 6.58. The molecule has 2 heteroatoms. The standard InChI is InChI=1S/C20H38N2/c1-5-9-13-21(14-10-6-2)19-17-20(18-19)22(15-11-7-3)16-12-8-4/h5-17H2,1-4H3/q+2. The average molecular weight is 307 g/mol. The van der Waals surface area contributed by atoms with Crippen LogP contribution in [0.1, 0.15) is 85.5 Å². The topological polar surface area (TPSA) is 6.25 Å². The smallest absolute Gasteiger partial charge is 0.331 e. The zero-order valence-corrected chi connectivity index (χ0v) is 15.6. The first-order chi connectivity index (χ1) is 10.8. The fourth-order valence-corrected chi connectivity index (χ4v) is 2.85. The lowest BCUT2D eigenvalue weighted by Gasteiger charge is -2.22. The van der Waals surface area contributed by atoms with Gasteiger partial charge >= 0.3 is 11.8 Å². The van der Waals surface area contributed by atoms with Crippen molar-refractivity contribution in [1.29, 1.82) is 0 Å². The van der Waals surface area contributed by atoms with Crippen molar-refractivity contribution in [1.82, 2.24) is 4.90 Å². The van der Waals surface area contributed by atoms with E-state index in [1.807, 2.05) is 0 Å². The van der Waals surface area contributed by atoms with E-state index in [0.717, 1.165) is 6.42 Å². The Hall–Kier alpha value is -0.880. The summed E-state index contributed by atoms with van der Waals surface area (Å²) >= 11 is 0. The molecule has 0 aromatic carbocycles. The minimum Gasteiger partial charge on any atom is -0.331 e. The van der Waals surface area contributed by atoms with E-state index in [1.54, 1.807) is 0 Å². The Morgan fingerprint density at radius 3 is 1.68 bits per heavy atom. The van der Waals surface area contributed by atoms with Gasteiger partial charge in [-0.1, -0.05) is 53.4 Å². The molecular weight excluding hydrogens is 268 g/mol. The van der Waals surface area contributed by atoms with Crippen LogP contribution in [0.4, 0.5) is 0 Å². The number of hydrogen-bond donors (Lipinski definition) is 0. The molecule has 0 radical (unpaired) electrons. The lowest BCUT2D eigenvalue weighted by Crippen LogP contribution is -2.36. The average Bonchev–Trinajstić information content (AvgIpc) is 2.49. The van der Waals surface area contributed by atoms with Gasteiger partial charge < -0.3 is 4.90 Å². The van der Waals surface area contributed by atoms with Gasteiger partial charge in [-0.3, -0.25) is 0 Å². The molecule has 0 aliphatic heterocycles. The summed E-state index contributed by atoms with van der Waals surface area (Å²) in [5.74, 6) is 0. The third kappa shape index (κ3) is 6.48. The van der Waals surface area contributed by atoms with Gasteiger partial charge in [0.15, 0.2) is 6.42 Å². The lowest BCUT2D eigenvalue weighted by molar-refractivity contribution is -0.530. The number of hydrogen-bond acceptors (Lipinski definition) is 1. The highest BCUT2D eigenvalue weighted by molar-refractivity contribution is 5.95. The van der Waals surface area contributed by atoms with Crippen LogP contribution >= 0.6 is 0 Å². The number of nitrogens with zero attached hydrogens (tertiary/aromatic N) is 2. The maximum Gasteiger partial charge on any atom is 0.428 e. The lowest BCUT2D eigenvalue weighted by atomic mass is 9.99. The first kappa shape index (κ1) is 19.2. The minimum atomic E-state index is 1.15. The van der Waals surface area contributed by atoms with Crippen molar-refractivity contribution < 1.29 is 4.58 Å². The molecule has 1 rings (SSSR count). The molecule has 126 valence electrons. The van der Waals surface area contributed by atoms with Crippen LogP contribution in [-0.4, -0.2) is 41.4 Å². The molecule has 1 aliphatic carbocycles. The van der Waals surface area contributed by atoms with E-state index in [0.29, 0.717) is 0 Å². The molecule has 0 spiro atoms. The molecule has 0 aromatic heterocycles. The SMILES string of the molecule is CCCCN(CCCC)C1=[C+]C(=[N+](CCCC)CCCC)C1. The van der Waals surface area contributed by atoms with Crippen molar-refractivity contribution in [3.63, 3.8) is 0 Å². The van der Waals surface area contributed by atoms with E-state index in [9.17, 15) is 0 Å². The molecule has 0 bridgehead atoms. The van der Waals surface area contributed by atoms with Crippen LogP contribution in [0.25, 0.3) is 0 Å². The summed E-state index contributed by atoms with van der Waals surface area (Å²) < 4.78 is 2.59. The number of rotatable bonds is 13. The van der Waals surface area contributed by atoms with Crippen LogP contribution < -0.4 is 0 Å². The summed E-state index contributed by atoms with van der Waals surface area (Å²) in [5.41, 5.74) is 2.93. The van der Waals surface area contributed by atoms with Crippen molar-refractivity contribution in [3.05, 3.63) is 11.8 Å². The molecule has 1 aliphatic rings. The van der Waals surface area contributed by atoms with Crippen LogP contribution in [0.5, 0.6) is 0 Å². The molecule has 22 heavy (non-hydrogen) atoms. The summed E-state index contributed by atoms with van der Waals surface area (Å²) in [5, 5.41) is 0. The van der Waals surface area contributed by atoms with E-state index in [1.165, 1.54) is 89.0 Å². The Labute approximate surface area is 139 Å². The van der Waals surface area contributed by atoms with Gasteiger partial charge in [-0.05, 0) is 12.8 Å². The molecule has 2 nitrogen and oxygen atoms in total. The van der Waals surface area contributed by atoms with Gasteiger partial charge in [0.25, 0.3) is 5.70 Å². The third-order valence-corrected chi connectivity index (χ3v) is 4.51. The Morgan fingerprint density at radius 2 is 1.27 bits per heavy atom. The monoisotopic (exact) mass is 306 g/mol. The maximum atomic E-state index is 3.70. The normalized spacial score (nSPS) is 13.5. The molecule has 0 N–H and O–H groups in total. The second-order valence-electron chi connectivity index (χ2n) is 6.58.